The SMILES string of the molecule is CCC(CC)NC(=O)CN(CC)CCCN. The number of rotatable bonds is 9. The van der Waals surface area contributed by atoms with Gasteiger partial charge in [0, 0.05) is 6.04 Å². The van der Waals surface area contributed by atoms with Gasteiger partial charge in [0.15, 0.2) is 0 Å². The van der Waals surface area contributed by atoms with Crippen LogP contribution in [0.25, 0.3) is 0 Å². The van der Waals surface area contributed by atoms with Gasteiger partial charge in [0.1, 0.15) is 0 Å². The van der Waals surface area contributed by atoms with Gasteiger partial charge in [0.05, 0.1) is 6.54 Å². The highest BCUT2D eigenvalue weighted by Gasteiger charge is 2.11. The van der Waals surface area contributed by atoms with Crippen LogP contribution in [0.1, 0.15) is 40.0 Å². The fourth-order valence-corrected chi connectivity index (χ4v) is 1.63. The summed E-state index contributed by atoms with van der Waals surface area (Å²) in [5, 5.41) is 3.05. The normalized spacial score (nSPS) is 11.1. The summed E-state index contributed by atoms with van der Waals surface area (Å²) in [6.45, 7) is 9.25. The van der Waals surface area contributed by atoms with Crippen molar-refractivity contribution in [1.82, 2.24) is 10.2 Å². The van der Waals surface area contributed by atoms with E-state index in [1.165, 1.54) is 0 Å². The quantitative estimate of drug-likeness (QED) is 0.619. The van der Waals surface area contributed by atoms with Gasteiger partial charge in [-0.15, -0.1) is 0 Å². The molecule has 0 radical (unpaired) electrons. The zero-order valence-corrected chi connectivity index (χ0v) is 11.0. The maximum Gasteiger partial charge on any atom is 0.234 e. The van der Waals surface area contributed by atoms with Gasteiger partial charge in [-0.05, 0) is 38.9 Å². The molecule has 3 N–H and O–H groups in total. The van der Waals surface area contributed by atoms with Crippen molar-refractivity contribution in [2.24, 2.45) is 5.73 Å². The molecule has 0 aliphatic heterocycles. The molecule has 0 unspecified atom stereocenters. The molecule has 4 heteroatoms. The second-order valence-corrected chi connectivity index (χ2v) is 4.09. The van der Waals surface area contributed by atoms with Crippen molar-refractivity contribution in [3.63, 3.8) is 0 Å². The van der Waals surface area contributed by atoms with Crippen molar-refractivity contribution in [2.45, 2.75) is 46.1 Å². The Kier molecular flexibility index (Phi) is 9.24. The standard InChI is InChI=1S/C12H27N3O/c1-4-11(5-2)14-12(16)10-15(6-3)9-7-8-13/h11H,4-10,13H2,1-3H3,(H,14,16). The van der Waals surface area contributed by atoms with Gasteiger partial charge in [-0.1, -0.05) is 20.8 Å². The van der Waals surface area contributed by atoms with Gasteiger partial charge >= 0.3 is 0 Å². The summed E-state index contributed by atoms with van der Waals surface area (Å²) in [4.78, 5) is 13.8. The Hall–Kier alpha value is -0.610. The third-order valence-electron chi connectivity index (χ3n) is 2.84. The van der Waals surface area contributed by atoms with E-state index in [4.69, 9.17) is 5.73 Å². The predicted octanol–water partition coefficient (Wildman–Crippen LogP) is 0.962. The highest BCUT2D eigenvalue weighted by Crippen LogP contribution is 1.97. The van der Waals surface area contributed by atoms with Crippen molar-refractivity contribution in [1.29, 1.82) is 0 Å². The lowest BCUT2D eigenvalue weighted by atomic mass is 10.2. The molecule has 0 saturated heterocycles. The lowest BCUT2D eigenvalue weighted by Crippen LogP contribution is -2.42. The maximum atomic E-state index is 11.7. The predicted molar refractivity (Wildman–Crippen MR) is 68.3 cm³/mol. The van der Waals surface area contributed by atoms with Crippen molar-refractivity contribution >= 4 is 5.91 Å². The number of amides is 1. The number of likely N-dealkylation sites (N-methyl/N-ethyl adjacent to an activating group) is 1. The molecule has 0 aromatic heterocycles. The first-order valence-corrected chi connectivity index (χ1v) is 6.39. The molecule has 0 heterocycles. The van der Waals surface area contributed by atoms with Crippen LogP contribution in [0.3, 0.4) is 0 Å². The number of carbonyl (C=O) groups excluding carboxylic acids is 1. The molecule has 0 rings (SSSR count). The molecule has 0 aliphatic carbocycles. The molecule has 0 aliphatic rings. The zero-order chi connectivity index (χ0) is 12.4. The average molecular weight is 229 g/mol. The number of nitrogens with one attached hydrogen (secondary N) is 1. The monoisotopic (exact) mass is 229 g/mol. The Bertz CT molecular complexity index is 181. The largest absolute Gasteiger partial charge is 0.352 e. The molecular formula is C12H27N3O. The highest BCUT2D eigenvalue weighted by atomic mass is 16.2. The zero-order valence-electron chi connectivity index (χ0n) is 11.0. The minimum Gasteiger partial charge on any atom is -0.352 e. The van der Waals surface area contributed by atoms with Crippen LogP contribution in [-0.4, -0.2) is 43.0 Å². The summed E-state index contributed by atoms with van der Waals surface area (Å²) >= 11 is 0. The first-order valence-electron chi connectivity index (χ1n) is 6.39. The Morgan fingerprint density at radius 2 is 1.94 bits per heavy atom. The summed E-state index contributed by atoms with van der Waals surface area (Å²) in [7, 11) is 0. The van der Waals surface area contributed by atoms with Crippen LogP contribution in [0.2, 0.25) is 0 Å². The first-order chi connectivity index (χ1) is 7.67. The van der Waals surface area contributed by atoms with E-state index < -0.39 is 0 Å². The molecule has 0 spiro atoms. The van der Waals surface area contributed by atoms with Crippen LogP contribution >= 0.6 is 0 Å². The fourth-order valence-electron chi connectivity index (χ4n) is 1.63. The Balaban J connectivity index is 3.89. The second kappa shape index (κ2) is 9.60. The number of hydrogen-bond donors (Lipinski definition) is 2. The van der Waals surface area contributed by atoms with E-state index >= 15 is 0 Å². The van der Waals surface area contributed by atoms with E-state index in [0.29, 0.717) is 19.1 Å². The summed E-state index contributed by atoms with van der Waals surface area (Å²) < 4.78 is 0. The van der Waals surface area contributed by atoms with Crippen molar-refractivity contribution in [3.05, 3.63) is 0 Å². The minimum atomic E-state index is 0.132. The van der Waals surface area contributed by atoms with Gasteiger partial charge in [0.25, 0.3) is 0 Å². The molecule has 0 saturated carbocycles. The molecule has 0 aromatic rings. The number of nitrogens with two attached hydrogens (primary N) is 1. The topological polar surface area (TPSA) is 58.4 Å². The molecule has 0 fully saturated rings. The average Bonchev–Trinajstić information content (AvgIpc) is 2.31. The molecule has 4 nitrogen and oxygen atoms in total. The second-order valence-electron chi connectivity index (χ2n) is 4.09. The number of nitrogens with zero attached hydrogens (tertiary/aromatic N) is 1. The highest BCUT2D eigenvalue weighted by molar-refractivity contribution is 5.78. The van der Waals surface area contributed by atoms with E-state index in [9.17, 15) is 4.79 Å². The van der Waals surface area contributed by atoms with Crippen LogP contribution in [0.15, 0.2) is 0 Å². The van der Waals surface area contributed by atoms with Gasteiger partial charge < -0.3 is 11.1 Å². The van der Waals surface area contributed by atoms with E-state index in [-0.39, 0.29) is 5.91 Å². The third-order valence-corrected chi connectivity index (χ3v) is 2.84. The van der Waals surface area contributed by atoms with E-state index in [2.05, 4.69) is 31.0 Å². The molecular weight excluding hydrogens is 202 g/mol. The van der Waals surface area contributed by atoms with Gasteiger partial charge in [-0.25, -0.2) is 0 Å². The number of carbonyl (C=O) groups is 1. The molecule has 0 bridgehead atoms. The van der Waals surface area contributed by atoms with Crippen molar-refractivity contribution in [2.75, 3.05) is 26.2 Å². The van der Waals surface area contributed by atoms with Crippen LogP contribution in [0, 0.1) is 0 Å². The number of hydrogen-bond acceptors (Lipinski definition) is 3. The van der Waals surface area contributed by atoms with Gasteiger partial charge in [-0.2, -0.15) is 0 Å². The Morgan fingerprint density at radius 3 is 2.38 bits per heavy atom. The Morgan fingerprint density at radius 1 is 1.31 bits per heavy atom. The third kappa shape index (κ3) is 6.80. The van der Waals surface area contributed by atoms with Crippen LogP contribution in [0.5, 0.6) is 0 Å². The molecule has 0 aromatic carbocycles. The van der Waals surface area contributed by atoms with Crippen LogP contribution < -0.4 is 11.1 Å². The van der Waals surface area contributed by atoms with Crippen LogP contribution in [0.4, 0.5) is 0 Å². The fraction of sp³-hybridized carbons (Fsp3) is 0.917. The summed E-state index contributed by atoms with van der Waals surface area (Å²) in [5.74, 6) is 0.132. The smallest absolute Gasteiger partial charge is 0.234 e. The summed E-state index contributed by atoms with van der Waals surface area (Å²) in [6, 6.07) is 0.320. The van der Waals surface area contributed by atoms with Gasteiger partial charge in [-0.3, -0.25) is 9.69 Å². The summed E-state index contributed by atoms with van der Waals surface area (Å²) in [5.41, 5.74) is 5.46. The molecule has 16 heavy (non-hydrogen) atoms. The van der Waals surface area contributed by atoms with Crippen molar-refractivity contribution < 1.29 is 4.79 Å². The molecule has 1 amide bonds. The Labute approximate surface area is 99.6 Å². The molecule has 0 atom stereocenters. The van der Waals surface area contributed by atoms with Gasteiger partial charge in [0.2, 0.25) is 5.91 Å². The lowest BCUT2D eigenvalue weighted by molar-refractivity contribution is -0.123. The van der Waals surface area contributed by atoms with E-state index in [1.54, 1.807) is 0 Å². The lowest BCUT2D eigenvalue weighted by Gasteiger charge is -2.21. The van der Waals surface area contributed by atoms with Crippen LogP contribution in [-0.2, 0) is 4.79 Å². The molecule has 96 valence electrons. The van der Waals surface area contributed by atoms with E-state index in [0.717, 1.165) is 32.4 Å². The van der Waals surface area contributed by atoms with E-state index in [1.807, 2.05) is 0 Å². The summed E-state index contributed by atoms with van der Waals surface area (Å²) in [6.07, 6.45) is 2.94. The first kappa shape index (κ1) is 15.4. The maximum absolute atomic E-state index is 11.7. The minimum absolute atomic E-state index is 0.132. The van der Waals surface area contributed by atoms with Crippen molar-refractivity contribution in [3.8, 4) is 0 Å².